The number of aliphatic carboxylic acids is 1. The number of carboxylic acids is 1. The second kappa shape index (κ2) is 6.16. The van der Waals surface area contributed by atoms with Crippen LogP contribution in [0.5, 0.6) is 0 Å². The van der Waals surface area contributed by atoms with Gasteiger partial charge < -0.3 is 5.11 Å². The zero-order valence-electron chi connectivity index (χ0n) is 11.3. The van der Waals surface area contributed by atoms with Crippen molar-refractivity contribution in [2.75, 3.05) is 6.54 Å². The summed E-state index contributed by atoms with van der Waals surface area (Å²) >= 11 is 0. The smallest absolute Gasteiger partial charge is 0.318 e. The van der Waals surface area contributed by atoms with Crippen LogP contribution in [0, 0.1) is 0 Å². The molecule has 0 radical (unpaired) electrons. The van der Waals surface area contributed by atoms with Gasteiger partial charge in [0.1, 0.15) is 6.54 Å². The van der Waals surface area contributed by atoms with E-state index in [4.69, 9.17) is 5.11 Å². The molecule has 0 aliphatic heterocycles. The summed E-state index contributed by atoms with van der Waals surface area (Å²) in [6, 6.07) is 6.27. The normalized spacial score (nSPS) is 12.1. The van der Waals surface area contributed by atoms with Gasteiger partial charge in [0.05, 0.1) is 4.90 Å². The number of aryl methyl sites for hydroxylation is 1. The van der Waals surface area contributed by atoms with Crippen molar-refractivity contribution in [3.63, 3.8) is 0 Å². The molecule has 0 heterocycles. The Morgan fingerprint density at radius 1 is 1.32 bits per heavy atom. The molecule has 5 nitrogen and oxygen atoms in total. The fourth-order valence-corrected chi connectivity index (χ4v) is 3.73. The largest absolute Gasteiger partial charge is 0.480 e. The average molecular weight is 285 g/mol. The molecule has 1 rings (SSSR count). The number of sulfonamides is 1. The van der Waals surface area contributed by atoms with Gasteiger partial charge in [0.2, 0.25) is 10.0 Å². The summed E-state index contributed by atoms with van der Waals surface area (Å²) in [4.78, 5) is 11.0. The standard InChI is InChI=1S/C13H19NO4S/c1-4-11-7-5-6-8-12(11)19(17,18)14(10(2)3)9-13(15)16/h5-8,10H,4,9H2,1-3H3,(H,15,16). The third kappa shape index (κ3) is 3.54. The van der Waals surface area contributed by atoms with E-state index in [1.165, 1.54) is 6.07 Å². The van der Waals surface area contributed by atoms with Crippen LogP contribution < -0.4 is 0 Å². The molecule has 0 saturated heterocycles. The van der Waals surface area contributed by atoms with Crippen molar-refractivity contribution in [2.45, 2.75) is 38.1 Å². The van der Waals surface area contributed by atoms with E-state index in [2.05, 4.69) is 0 Å². The van der Waals surface area contributed by atoms with Crippen molar-refractivity contribution in [3.8, 4) is 0 Å². The van der Waals surface area contributed by atoms with Gasteiger partial charge in [-0.05, 0) is 31.9 Å². The van der Waals surface area contributed by atoms with E-state index in [1.807, 2.05) is 6.92 Å². The van der Waals surface area contributed by atoms with Gasteiger partial charge >= 0.3 is 5.97 Å². The third-order valence-electron chi connectivity index (χ3n) is 2.81. The molecule has 19 heavy (non-hydrogen) atoms. The molecule has 0 aliphatic rings. The number of benzene rings is 1. The van der Waals surface area contributed by atoms with Gasteiger partial charge in [-0.15, -0.1) is 0 Å². The van der Waals surface area contributed by atoms with E-state index >= 15 is 0 Å². The molecule has 106 valence electrons. The van der Waals surface area contributed by atoms with Crippen LogP contribution in [0.4, 0.5) is 0 Å². The SMILES string of the molecule is CCc1ccccc1S(=O)(=O)N(CC(=O)O)C(C)C. The lowest BCUT2D eigenvalue weighted by molar-refractivity contribution is -0.137. The van der Waals surface area contributed by atoms with Crippen LogP contribution in [0.15, 0.2) is 29.2 Å². The topological polar surface area (TPSA) is 74.7 Å². The van der Waals surface area contributed by atoms with E-state index in [0.717, 1.165) is 4.31 Å². The second-order valence-electron chi connectivity index (χ2n) is 4.50. The summed E-state index contributed by atoms with van der Waals surface area (Å²) in [6.45, 7) is 4.66. The monoisotopic (exact) mass is 285 g/mol. The lowest BCUT2D eigenvalue weighted by Crippen LogP contribution is -2.40. The number of rotatable bonds is 6. The highest BCUT2D eigenvalue weighted by Crippen LogP contribution is 2.22. The molecule has 0 fully saturated rings. The Balaban J connectivity index is 3.31. The highest BCUT2D eigenvalue weighted by molar-refractivity contribution is 7.89. The maximum atomic E-state index is 12.6. The predicted molar refractivity (Wildman–Crippen MR) is 72.5 cm³/mol. The van der Waals surface area contributed by atoms with Crippen molar-refractivity contribution in [3.05, 3.63) is 29.8 Å². The van der Waals surface area contributed by atoms with Crippen LogP contribution in [0.3, 0.4) is 0 Å². The molecule has 0 unspecified atom stereocenters. The highest BCUT2D eigenvalue weighted by Gasteiger charge is 2.30. The fourth-order valence-electron chi connectivity index (χ4n) is 1.85. The van der Waals surface area contributed by atoms with Crippen LogP contribution in [-0.2, 0) is 21.2 Å². The number of hydrogen-bond acceptors (Lipinski definition) is 3. The van der Waals surface area contributed by atoms with Gasteiger partial charge in [-0.3, -0.25) is 4.79 Å². The number of carbonyl (C=O) groups is 1. The van der Waals surface area contributed by atoms with Gasteiger partial charge in [-0.25, -0.2) is 8.42 Å². The van der Waals surface area contributed by atoms with E-state index in [0.29, 0.717) is 12.0 Å². The molecule has 0 aliphatic carbocycles. The van der Waals surface area contributed by atoms with Crippen LogP contribution in [-0.4, -0.2) is 36.4 Å². The minimum Gasteiger partial charge on any atom is -0.480 e. The molecule has 0 spiro atoms. The summed E-state index contributed by atoms with van der Waals surface area (Å²) in [6.07, 6.45) is 0.578. The average Bonchev–Trinajstić information content (AvgIpc) is 2.35. The van der Waals surface area contributed by atoms with Crippen molar-refractivity contribution in [1.29, 1.82) is 0 Å². The van der Waals surface area contributed by atoms with Crippen LogP contribution in [0.1, 0.15) is 26.3 Å². The molecule has 0 aromatic heterocycles. The van der Waals surface area contributed by atoms with Crippen LogP contribution in [0.25, 0.3) is 0 Å². The zero-order valence-corrected chi connectivity index (χ0v) is 12.1. The van der Waals surface area contributed by atoms with E-state index in [-0.39, 0.29) is 4.90 Å². The molecule has 0 saturated carbocycles. The molecule has 1 N–H and O–H groups in total. The molecule has 0 atom stereocenters. The van der Waals surface area contributed by atoms with Gasteiger partial charge in [-0.2, -0.15) is 4.31 Å². The van der Waals surface area contributed by atoms with Gasteiger partial charge in [0.15, 0.2) is 0 Å². The van der Waals surface area contributed by atoms with E-state index < -0.39 is 28.6 Å². The quantitative estimate of drug-likeness (QED) is 0.863. The van der Waals surface area contributed by atoms with Crippen LogP contribution >= 0.6 is 0 Å². The molecular weight excluding hydrogens is 266 g/mol. The molecule has 6 heteroatoms. The maximum absolute atomic E-state index is 12.6. The minimum absolute atomic E-state index is 0.187. The predicted octanol–water partition coefficient (Wildman–Crippen LogP) is 1.73. The summed E-state index contributed by atoms with van der Waals surface area (Å²) < 4.78 is 26.1. The van der Waals surface area contributed by atoms with Gasteiger partial charge in [0, 0.05) is 6.04 Å². The molecule has 0 amide bonds. The first-order valence-electron chi connectivity index (χ1n) is 6.12. The summed E-state index contributed by atoms with van der Waals surface area (Å²) in [5.41, 5.74) is 0.693. The lowest BCUT2D eigenvalue weighted by atomic mass is 10.2. The first-order chi connectivity index (χ1) is 8.80. The van der Waals surface area contributed by atoms with Gasteiger partial charge in [0.25, 0.3) is 0 Å². The first-order valence-corrected chi connectivity index (χ1v) is 7.56. The van der Waals surface area contributed by atoms with Crippen molar-refractivity contribution >= 4 is 16.0 Å². The Kier molecular flexibility index (Phi) is 5.08. The summed E-state index contributed by atoms with van der Waals surface area (Å²) in [5.74, 6) is -1.16. The maximum Gasteiger partial charge on any atom is 0.318 e. The van der Waals surface area contributed by atoms with E-state index in [1.54, 1.807) is 32.0 Å². The fraction of sp³-hybridized carbons (Fsp3) is 0.462. The lowest BCUT2D eigenvalue weighted by Gasteiger charge is -2.25. The molecule has 1 aromatic carbocycles. The van der Waals surface area contributed by atoms with Crippen molar-refractivity contribution in [2.24, 2.45) is 0 Å². The molecule has 1 aromatic rings. The highest BCUT2D eigenvalue weighted by atomic mass is 32.2. The Hall–Kier alpha value is -1.40. The summed E-state index contributed by atoms with van der Waals surface area (Å²) in [5, 5.41) is 8.86. The van der Waals surface area contributed by atoms with Crippen molar-refractivity contribution < 1.29 is 18.3 Å². The zero-order chi connectivity index (χ0) is 14.6. The Morgan fingerprint density at radius 2 is 1.89 bits per heavy atom. The second-order valence-corrected chi connectivity index (χ2v) is 6.36. The summed E-state index contributed by atoms with van der Waals surface area (Å²) in [7, 11) is -3.79. The Labute approximate surface area is 113 Å². The molecular formula is C13H19NO4S. The number of nitrogens with zero attached hydrogens (tertiary/aromatic N) is 1. The number of carboxylic acid groups (broad SMARTS) is 1. The Bertz CT molecular complexity index is 552. The van der Waals surface area contributed by atoms with Crippen LogP contribution in [0.2, 0.25) is 0 Å². The third-order valence-corrected chi connectivity index (χ3v) is 4.93. The van der Waals surface area contributed by atoms with Gasteiger partial charge in [-0.1, -0.05) is 25.1 Å². The van der Waals surface area contributed by atoms with Crippen molar-refractivity contribution in [1.82, 2.24) is 4.31 Å². The minimum atomic E-state index is -3.79. The number of hydrogen-bond donors (Lipinski definition) is 1. The van der Waals surface area contributed by atoms with E-state index in [9.17, 15) is 13.2 Å². The Morgan fingerprint density at radius 3 is 2.37 bits per heavy atom. The molecule has 0 bridgehead atoms. The first kappa shape index (κ1) is 15.7.